The minimum atomic E-state index is -1.04. The third-order valence-corrected chi connectivity index (χ3v) is 4.76. The first-order valence-electron chi connectivity index (χ1n) is 9.12. The Morgan fingerprint density at radius 2 is 1.90 bits per heavy atom. The number of nitrogens with one attached hydrogen (secondary N) is 1. The van der Waals surface area contributed by atoms with Crippen molar-refractivity contribution in [2.45, 2.75) is 6.92 Å². The molecule has 0 aliphatic heterocycles. The van der Waals surface area contributed by atoms with Gasteiger partial charge in [0.1, 0.15) is 5.75 Å². The van der Waals surface area contributed by atoms with Crippen LogP contribution in [0.3, 0.4) is 0 Å². The van der Waals surface area contributed by atoms with E-state index in [1.165, 1.54) is 6.07 Å². The van der Waals surface area contributed by atoms with E-state index in [0.29, 0.717) is 33.7 Å². The SMILES string of the molecule is COc1cccc(-c2cc(C(=O)Nc3ccc(F)c(F)c3)c3c(C)nn(C)c3n2)c1. The fourth-order valence-electron chi connectivity index (χ4n) is 3.33. The Labute approximate surface area is 171 Å². The van der Waals surface area contributed by atoms with Crippen LogP contribution in [0.4, 0.5) is 14.5 Å². The van der Waals surface area contributed by atoms with E-state index in [0.717, 1.165) is 17.7 Å². The largest absolute Gasteiger partial charge is 0.497 e. The van der Waals surface area contributed by atoms with Gasteiger partial charge in [0.25, 0.3) is 5.91 Å². The molecular weight excluding hydrogens is 390 g/mol. The predicted octanol–water partition coefficient (Wildman–Crippen LogP) is 4.48. The van der Waals surface area contributed by atoms with Crippen LogP contribution in [0.2, 0.25) is 0 Å². The number of nitrogens with zero attached hydrogens (tertiary/aromatic N) is 3. The lowest BCUT2D eigenvalue weighted by Crippen LogP contribution is -2.13. The number of hydrogen-bond acceptors (Lipinski definition) is 4. The van der Waals surface area contributed by atoms with E-state index in [9.17, 15) is 13.6 Å². The predicted molar refractivity (Wildman–Crippen MR) is 110 cm³/mol. The first-order chi connectivity index (χ1) is 14.4. The van der Waals surface area contributed by atoms with Gasteiger partial charge in [0.15, 0.2) is 17.3 Å². The minimum absolute atomic E-state index is 0.147. The number of hydrogen-bond donors (Lipinski definition) is 1. The maximum absolute atomic E-state index is 13.5. The normalized spacial score (nSPS) is 11.0. The summed E-state index contributed by atoms with van der Waals surface area (Å²) in [6.07, 6.45) is 0. The van der Waals surface area contributed by atoms with Gasteiger partial charge in [-0.2, -0.15) is 5.10 Å². The van der Waals surface area contributed by atoms with Crippen molar-refractivity contribution in [2.24, 2.45) is 7.05 Å². The first kappa shape index (κ1) is 19.5. The standard InChI is InChI=1S/C22H18F2N4O2/c1-12-20-16(22(29)25-14-7-8-17(23)18(24)10-14)11-19(26-21(20)28(2)27-12)13-5-4-6-15(9-13)30-3/h4-11H,1-3H3,(H,25,29). The molecule has 30 heavy (non-hydrogen) atoms. The molecule has 4 aromatic rings. The maximum Gasteiger partial charge on any atom is 0.256 e. The van der Waals surface area contributed by atoms with Crippen molar-refractivity contribution in [3.8, 4) is 17.0 Å². The van der Waals surface area contributed by atoms with Crippen LogP contribution < -0.4 is 10.1 Å². The quantitative estimate of drug-likeness (QED) is 0.541. The Bertz CT molecular complexity index is 1280. The van der Waals surface area contributed by atoms with Crippen LogP contribution in [0, 0.1) is 18.6 Å². The topological polar surface area (TPSA) is 69.0 Å². The van der Waals surface area contributed by atoms with Gasteiger partial charge in [0, 0.05) is 24.4 Å². The Morgan fingerprint density at radius 3 is 2.63 bits per heavy atom. The number of carbonyl (C=O) groups excluding carboxylic acids is 1. The van der Waals surface area contributed by atoms with E-state index in [-0.39, 0.29) is 5.69 Å². The molecule has 0 atom stereocenters. The van der Waals surface area contributed by atoms with Crippen LogP contribution in [-0.4, -0.2) is 27.8 Å². The van der Waals surface area contributed by atoms with Gasteiger partial charge in [0.05, 0.1) is 29.4 Å². The summed E-state index contributed by atoms with van der Waals surface area (Å²) in [6.45, 7) is 1.78. The number of methoxy groups -OCH3 is 1. The molecule has 0 spiro atoms. The summed E-state index contributed by atoms with van der Waals surface area (Å²) in [5, 5.41) is 7.58. The van der Waals surface area contributed by atoms with Gasteiger partial charge in [-0.25, -0.2) is 13.8 Å². The molecule has 8 heteroatoms. The molecule has 2 aromatic heterocycles. The summed E-state index contributed by atoms with van der Waals surface area (Å²) in [6, 6.07) is 12.2. The number of anilines is 1. The van der Waals surface area contributed by atoms with Gasteiger partial charge in [-0.15, -0.1) is 0 Å². The van der Waals surface area contributed by atoms with Gasteiger partial charge in [-0.05, 0) is 37.3 Å². The van der Waals surface area contributed by atoms with Crippen molar-refractivity contribution in [3.63, 3.8) is 0 Å². The van der Waals surface area contributed by atoms with E-state index in [1.54, 1.807) is 31.8 Å². The molecule has 0 saturated carbocycles. The molecule has 0 radical (unpaired) electrons. The van der Waals surface area contributed by atoms with E-state index < -0.39 is 17.5 Å². The molecule has 2 aromatic carbocycles. The monoisotopic (exact) mass is 408 g/mol. The summed E-state index contributed by atoms with van der Waals surface area (Å²) in [7, 11) is 3.32. The van der Waals surface area contributed by atoms with E-state index in [4.69, 9.17) is 4.74 Å². The van der Waals surface area contributed by atoms with E-state index in [1.807, 2.05) is 24.3 Å². The van der Waals surface area contributed by atoms with Crippen molar-refractivity contribution < 1.29 is 18.3 Å². The molecule has 152 valence electrons. The molecular formula is C22H18F2N4O2. The number of carbonyl (C=O) groups is 1. The minimum Gasteiger partial charge on any atom is -0.497 e. The molecule has 1 N–H and O–H groups in total. The zero-order valence-electron chi connectivity index (χ0n) is 16.5. The highest BCUT2D eigenvalue weighted by atomic mass is 19.2. The number of amides is 1. The lowest BCUT2D eigenvalue weighted by atomic mass is 10.0. The highest BCUT2D eigenvalue weighted by Crippen LogP contribution is 2.29. The van der Waals surface area contributed by atoms with Crippen molar-refractivity contribution in [2.75, 3.05) is 12.4 Å². The van der Waals surface area contributed by atoms with Crippen molar-refractivity contribution in [3.05, 3.63) is 71.4 Å². The van der Waals surface area contributed by atoms with Crippen LogP contribution in [-0.2, 0) is 7.05 Å². The van der Waals surface area contributed by atoms with Gasteiger partial charge >= 0.3 is 0 Å². The zero-order valence-corrected chi connectivity index (χ0v) is 16.5. The van der Waals surface area contributed by atoms with Crippen LogP contribution in [0.15, 0.2) is 48.5 Å². The number of halogens is 2. The number of aryl methyl sites for hydroxylation is 2. The number of aromatic nitrogens is 3. The van der Waals surface area contributed by atoms with Gasteiger partial charge < -0.3 is 10.1 Å². The van der Waals surface area contributed by atoms with Gasteiger partial charge in [-0.3, -0.25) is 9.48 Å². The second kappa shape index (κ2) is 7.55. The fraction of sp³-hybridized carbons (Fsp3) is 0.136. The Kier molecular flexibility index (Phi) is 4.91. The second-order valence-corrected chi connectivity index (χ2v) is 6.78. The second-order valence-electron chi connectivity index (χ2n) is 6.78. The summed E-state index contributed by atoms with van der Waals surface area (Å²) < 4.78 is 33.6. The molecule has 0 aliphatic carbocycles. The molecule has 1 amide bonds. The highest BCUT2D eigenvalue weighted by molar-refractivity contribution is 6.13. The molecule has 0 bridgehead atoms. The van der Waals surface area contributed by atoms with Crippen LogP contribution >= 0.6 is 0 Å². The van der Waals surface area contributed by atoms with E-state index >= 15 is 0 Å². The molecule has 2 heterocycles. The third kappa shape index (κ3) is 3.47. The van der Waals surface area contributed by atoms with Crippen LogP contribution in [0.5, 0.6) is 5.75 Å². The number of ether oxygens (including phenoxy) is 1. The smallest absolute Gasteiger partial charge is 0.256 e. The summed E-state index contributed by atoms with van der Waals surface area (Å²) in [5.74, 6) is -1.85. The number of fused-ring (bicyclic) bond motifs is 1. The van der Waals surface area contributed by atoms with Crippen molar-refractivity contribution in [1.29, 1.82) is 0 Å². The van der Waals surface area contributed by atoms with Gasteiger partial charge in [-0.1, -0.05) is 12.1 Å². The number of benzene rings is 2. The molecule has 0 aliphatic rings. The number of rotatable bonds is 4. The molecule has 6 nitrogen and oxygen atoms in total. The van der Waals surface area contributed by atoms with Gasteiger partial charge in [0.2, 0.25) is 0 Å². The maximum atomic E-state index is 13.5. The summed E-state index contributed by atoms with van der Waals surface area (Å²) in [5.41, 5.74) is 2.95. The molecule has 0 saturated heterocycles. The molecule has 4 rings (SSSR count). The van der Waals surface area contributed by atoms with Crippen LogP contribution in [0.1, 0.15) is 16.1 Å². The molecule has 0 unspecified atom stereocenters. The fourth-order valence-corrected chi connectivity index (χ4v) is 3.33. The highest BCUT2D eigenvalue weighted by Gasteiger charge is 2.20. The van der Waals surface area contributed by atoms with Crippen LogP contribution in [0.25, 0.3) is 22.3 Å². The van der Waals surface area contributed by atoms with E-state index in [2.05, 4.69) is 15.4 Å². The third-order valence-electron chi connectivity index (χ3n) is 4.76. The average Bonchev–Trinajstić information content (AvgIpc) is 3.03. The Balaban J connectivity index is 1.84. The average molecular weight is 408 g/mol. The Morgan fingerprint density at radius 1 is 1.10 bits per heavy atom. The zero-order chi connectivity index (χ0) is 21.4. The Hall–Kier alpha value is -3.81. The summed E-state index contributed by atoms with van der Waals surface area (Å²) >= 11 is 0. The lowest BCUT2D eigenvalue weighted by Gasteiger charge is -2.10. The number of pyridine rings is 1. The lowest BCUT2D eigenvalue weighted by molar-refractivity contribution is 0.102. The van der Waals surface area contributed by atoms with Crippen molar-refractivity contribution >= 4 is 22.6 Å². The first-order valence-corrected chi connectivity index (χ1v) is 9.12. The summed E-state index contributed by atoms with van der Waals surface area (Å²) in [4.78, 5) is 17.7. The van der Waals surface area contributed by atoms with Crippen molar-refractivity contribution in [1.82, 2.24) is 14.8 Å². The molecule has 0 fully saturated rings.